The summed E-state index contributed by atoms with van der Waals surface area (Å²) >= 11 is 5.83. The first kappa shape index (κ1) is 29.9. The maximum absolute atomic E-state index is 15.3. The third-order valence-corrected chi connectivity index (χ3v) is 7.18. The molecule has 0 N–H and O–H groups in total. The zero-order chi connectivity index (χ0) is 30.3. The average Bonchev–Trinajstić information content (AvgIpc) is 2.99. The molecule has 0 aliphatic carbocycles. The number of ketones is 1. The smallest absolute Gasteiger partial charge is 0.261 e. The molecular formula is C34H31ClFN5O2. The van der Waals surface area contributed by atoms with Crippen LogP contribution in [0.2, 0.25) is 5.15 Å². The van der Waals surface area contributed by atoms with E-state index in [-0.39, 0.29) is 29.9 Å². The van der Waals surface area contributed by atoms with Crippen LogP contribution in [0.25, 0.3) is 17.0 Å². The SMILES string of the molecule is CN(C)Cc1ccc(Cc2ncc3c(F)c(/C=C/CCC(=O)c4cccn(Cc5ccc(Cl)nc5)c4=O)ccc3n2)cc1. The quantitative estimate of drug-likeness (QED) is 0.131. The second-order valence-corrected chi connectivity index (χ2v) is 11.0. The van der Waals surface area contributed by atoms with Crippen molar-refractivity contribution < 1.29 is 9.18 Å². The lowest BCUT2D eigenvalue weighted by Gasteiger charge is -2.10. The van der Waals surface area contributed by atoms with Gasteiger partial charge in [-0.25, -0.2) is 19.3 Å². The van der Waals surface area contributed by atoms with Gasteiger partial charge in [0.15, 0.2) is 5.78 Å². The van der Waals surface area contributed by atoms with Crippen LogP contribution in [0, 0.1) is 5.82 Å². The van der Waals surface area contributed by atoms with E-state index in [1.54, 1.807) is 54.9 Å². The third kappa shape index (κ3) is 7.66. The van der Waals surface area contributed by atoms with Gasteiger partial charge in [-0.2, -0.15) is 0 Å². The van der Waals surface area contributed by atoms with Crippen molar-refractivity contribution in [2.45, 2.75) is 32.4 Å². The standard InChI is InChI=1S/C34H31ClFN5O2/c1-40(2)21-24-11-9-23(10-12-24)18-32-38-20-28-29(39-32)15-14-26(33(28)36)6-3-4-8-30(42)27-7-5-17-41(34(27)43)22-25-13-16-31(35)37-19-25/h3,5-7,9-17,19-20H,4,8,18,21-22H2,1-2H3/b6-3+. The van der Waals surface area contributed by atoms with Crippen LogP contribution >= 0.6 is 11.6 Å². The Morgan fingerprint density at radius 2 is 1.74 bits per heavy atom. The van der Waals surface area contributed by atoms with E-state index in [0.717, 1.165) is 17.7 Å². The number of hydrogen-bond acceptors (Lipinski definition) is 6. The molecule has 0 saturated heterocycles. The molecule has 218 valence electrons. The molecule has 43 heavy (non-hydrogen) atoms. The van der Waals surface area contributed by atoms with Crippen molar-refractivity contribution in [1.29, 1.82) is 0 Å². The highest BCUT2D eigenvalue weighted by Crippen LogP contribution is 2.21. The molecule has 3 aromatic heterocycles. The molecule has 0 bridgehead atoms. The zero-order valence-corrected chi connectivity index (χ0v) is 24.8. The van der Waals surface area contributed by atoms with Gasteiger partial charge in [0, 0.05) is 43.5 Å². The molecule has 0 atom stereocenters. The number of benzene rings is 2. The number of fused-ring (bicyclic) bond motifs is 1. The van der Waals surface area contributed by atoms with Gasteiger partial charge < -0.3 is 9.47 Å². The van der Waals surface area contributed by atoms with Gasteiger partial charge in [-0.3, -0.25) is 9.59 Å². The van der Waals surface area contributed by atoms with Crippen molar-refractivity contribution in [2.24, 2.45) is 0 Å². The van der Waals surface area contributed by atoms with Crippen molar-refractivity contribution in [3.8, 4) is 0 Å². The Kier molecular flexibility index (Phi) is 9.49. The number of carbonyl (C=O) groups is 1. The number of Topliss-reactive ketones (excluding diaryl/α,β-unsaturated/α-hetero) is 1. The summed E-state index contributed by atoms with van der Waals surface area (Å²) in [4.78, 5) is 40.8. The van der Waals surface area contributed by atoms with Crippen LogP contribution in [0.3, 0.4) is 0 Å². The van der Waals surface area contributed by atoms with Crippen LogP contribution in [0.5, 0.6) is 0 Å². The Bertz CT molecular complexity index is 1830. The maximum atomic E-state index is 15.3. The molecule has 0 aliphatic rings. The van der Waals surface area contributed by atoms with Gasteiger partial charge >= 0.3 is 0 Å². The summed E-state index contributed by atoms with van der Waals surface area (Å²) in [5, 5.41) is 0.705. The van der Waals surface area contributed by atoms with Gasteiger partial charge in [0.1, 0.15) is 16.8 Å². The molecule has 5 rings (SSSR count). The normalized spacial score (nSPS) is 11.6. The van der Waals surface area contributed by atoms with Crippen molar-refractivity contribution >= 4 is 34.4 Å². The molecule has 0 saturated carbocycles. The van der Waals surface area contributed by atoms with Crippen LogP contribution in [-0.2, 0) is 19.5 Å². The number of hydrogen-bond donors (Lipinski definition) is 0. The van der Waals surface area contributed by atoms with Crippen molar-refractivity contribution in [3.05, 3.63) is 140 Å². The molecule has 0 fully saturated rings. The Labute approximate surface area is 254 Å². The predicted molar refractivity (Wildman–Crippen MR) is 168 cm³/mol. The fourth-order valence-corrected chi connectivity index (χ4v) is 4.89. The second kappa shape index (κ2) is 13.6. The first-order valence-corrected chi connectivity index (χ1v) is 14.3. The summed E-state index contributed by atoms with van der Waals surface area (Å²) in [6.45, 7) is 1.15. The molecule has 3 heterocycles. The Balaban J connectivity index is 1.21. The zero-order valence-electron chi connectivity index (χ0n) is 24.0. The number of allylic oxidation sites excluding steroid dienone is 1. The molecule has 0 radical (unpaired) electrons. The molecular weight excluding hydrogens is 565 g/mol. The number of rotatable bonds is 11. The minimum Gasteiger partial charge on any atom is -0.310 e. The van der Waals surface area contributed by atoms with Crippen LogP contribution in [0.4, 0.5) is 4.39 Å². The summed E-state index contributed by atoms with van der Waals surface area (Å²) in [7, 11) is 4.07. The van der Waals surface area contributed by atoms with E-state index in [2.05, 4.69) is 44.1 Å². The number of aromatic nitrogens is 4. The van der Waals surface area contributed by atoms with E-state index in [4.69, 9.17) is 11.6 Å². The van der Waals surface area contributed by atoms with Gasteiger partial charge in [0.2, 0.25) is 0 Å². The molecule has 2 aromatic carbocycles. The van der Waals surface area contributed by atoms with E-state index in [9.17, 15) is 9.59 Å². The maximum Gasteiger partial charge on any atom is 0.261 e. The molecule has 7 nitrogen and oxygen atoms in total. The molecule has 5 aromatic rings. The summed E-state index contributed by atoms with van der Waals surface area (Å²) in [5.74, 6) is -0.0633. The number of pyridine rings is 2. The lowest BCUT2D eigenvalue weighted by Crippen LogP contribution is -2.26. The summed E-state index contributed by atoms with van der Waals surface area (Å²) in [5.41, 5.74) is 3.78. The van der Waals surface area contributed by atoms with Crippen LogP contribution < -0.4 is 5.56 Å². The monoisotopic (exact) mass is 595 g/mol. The first-order chi connectivity index (χ1) is 20.8. The summed E-state index contributed by atoms with van der Waals surface area (Å²) in [6, 6.07) is 18.4. The lowest BCUT2D eigenvalue weighted by molar-refractivity contribution is 0.0981. The average molecular weight is 596 g/mol. The van der Waals surface area contributed by atoms with Crippen LogP contribution in [-0.4, -0.2) is 44.3 Å². The molecule has 0 unspecified atom stereocenters. The summed E-state index contributed by atoms with van der Waals surface area (Å²) < 4.78 is 16.7. The number of halogens is 2. The van der Waals surface area contributed by atoms with Gasteiger partial charge in [-0.05, 0) is 67.5 Å². The van der Waals surface area contributed by atoms with Gasteiger partial charge in [-0.15, -0.1) is 0 Å². The lowest BCUT2D eigenvalue weighted by atomic mass is 10.1. The van der Waals surface area contributed by atoms with E-state index < -0.39 is 5.82 Å². The molecule has 0 aliphatic heterocycles. The van der Waals surface area contributed by atoms with Crippen LogP contribution in [0.15, 0.2) is 90.1 Å². The minimum absolute atomic E-state index is 0.118. The Morgan fingerprint density at radius 1 is 0.977 bits per heavy atom. The minimum atomic E-state index is -0.415. The van der Waals surface area contributed by atoms with Gasteiger partial charge in [0.25, 0.3) is 5.56 Å². The highest BCUT2D eigenvalue weighted by atomic mass is 35.5. The Hall–Kier alpha value is -4.53. The number of nitrogens with zero attached hydrogens (tertiary/aromatic N) is 5. The third-order valence-electron chi connectivity index (χ3n) is 6.96. The highest BCUT2D eigenvalue weighted by Gasteiger charge is 2.13. The largest absolute Gasteiger partial charge is 0.310 e. The molecule has 0 amide bonds. The fourth-order valence-electron chi connectivity index (χ4n) is 4.78. The fraction of sp³-hybridized carbons (Fsp3) is 0.206. The first-order valence-electron chi connectivity index (χ1n) is 13.9. The van der Waals surface area contributed by atoms with Gasteiger partial charge in [0.05, 0.1) is 23.0 Å². The number of carbonyl (C=O) groups excluding carboxylic acids is 1. The van der Waals surface area contributed by atoms with E-state index in [1.165, 1.54) is 22.4 Å². The van der Waals surface area contributed by atoms with Crippen molar-refractivity contribution in [3.63, 3.8) is 0 Å². The predicted octanol–water partition coefficient (Wildman–Crippen LogP) is 6.36. The van der Waals surface area contributed by atoms with E-state index >= 15 is 4.39 Å². The van der Waals surface area contributed by atoms with Crippen molar-refractivity contribution in [2.75, 3.05) is 14.1 Å². The van der Waals surface area contributed by atoms with E-state index in [0.29, 0.717) is 40.3 Å². The summed E-state index contributed by atoms with van der Waals surface area (Å²) in [6.07, 6.45) is 9.16. The molecule has 0 spiro atoms. The topological polar surface area (TPSA) is 81.0 Å². The molecule has 9 heteroatoms. The van der Waals surface area contributed by atoms with Crippen molar-refractivity contribution in [1.82, 2.24) is 24.4 Å². The van der Waals surface area contributed by atoms with E-state index in [1.807, 2.05) is 14.1 Å². The van der Waals surface area contributed by atoms with Crippen LogP contribution in [0.1, 0.15) is 51.3 Å². The Morgan fingerprint density at radius 3 is 2.49 bits per heavy atom. The second-order valence-electron chi connectivity index (χ2n) is 10.6. The highest BCUT2D eigenvalue weighted by molar-refractivity contribution is 6.29. The van der Waals surface area contributed by atoms with Gasteiger partial charge in [-0.1, -0.05) is 54.1 Å².